The predicted molar refractivity (Wildman–Crippen MR) is 138 cm³/mol. The maximum Gasteiger partial charge on any atom is 0.337 e. The molecule has 9 nitrogen and oxygen atoms in total. The van der Waals surface area contributed by atoms with E-state index in [1.807, 2.05) is 26.8 Å². The Morgan fingerprint density at radius 3 is 2.22 bits per heavy atom. The molecule has 0 saturated heterocycles. The minimum Gasteiger partial charge on any atom is -0.462 e. The Bertz CT molecular complexity index is 1040. The summed E-state index contributed by atoms with van der Waals surface area (Å²) in [4.78, 5) is 36.8. The van der Waals surface area contributed by atoms with Gasteiger partial charge in [-0.15, -0.1) is 0 Å². The molecule has 0 saturated carbocycles. The molecule has 0 fully saturated rings. The van der Waals surface area contributed by atoms with Crippen LogP contribution in [0.5, 0.6) is 0 Å². The van der Waals surface area contributed by atoms with Gasteiger partial charge in [-0.1, -0.05) is 44.2 Å². The van der Waals surface area contributed by atoms with Crippen LogP contribution in [0.15, 0.2) is 71.1 Å². The van der Waals surface area contributed by atoms with Gasteiger partial charge in [0.25, 0.3) is 5.69 Å². The van der Waals surface area contributed by atoms with Crippen LogP contribution in [0.1, 0.15) is 58.9 Å². The third-order valence-corrected chi connectivity index (χ3v) is 5.03. The molecule has 1 aliphatic rings. The quantitative estimate of drug-likeness (QED) is 0.202. The van der Waals surface area contributed by atoms with Crippen molar-refractivity contribution in [3.63, 3.8) is 0 Å². The Morgan fingerprint density at radius 2 is 1.69 bits per heavy atom. The van der Waals surface area contributed by atoms with Crippen molar-refractivity contribution in [1.82, 2.24) is 5.32 Å². The van der Waals surface area contributed by atoms with E-state index in [1.165, 1.54) is 18.2 Å². The number of nitrogens with zero attached hydrogens (tertiary/aromatic N) is 1. The maximum atomic E-state index is 13.1. The number of rotatable bonds is 10. The second kappa shape index (κ2) is 16.0. The number of hydrogen-bond acceptors (Lipinski definition) is 8. The third-order valence-electron chi connectivity index (χ3n) is 5.03. The van der Waals surface area contributed by atoms with Gasteiger partial charge in [0, 0.05) is 30.1 Å². The molecule has 9 heteroatoms. The van der Waals surface area contributed by atoms with E-state index < -0.39 is 22.8 Å². The molecule has 0 aromatic heterocycles. The van der Waals surface area contributed by atoms with Crippen LogP contribution in [0, 0.1) is 10.1 Å². The van der Waals surface area contributed by atoms with Gasteiger partial charge in [0.05, 0.1) is 28.6 Å². The van der Waals surface area contributed by atoms with E-state index in [0.29, 0.717) is 30.0 Å². The van der Waals surface area contributed by atoms with E-state index in [4.69, 9.17) is 14.6 Å². The molecule has 0 bridgehead atoms. The van der Waals surface area contributed by atoms with Crippen LogP contribution in [0.2, 0.25) is 0 Å². The average molecular weight is 501 g/mol. The number of carbonyl (C=O) groups excluding carboxylic acids is 2. The Labute approximate surface area is 212 Å². The Morgan fingerprint density at radius 1 is 1.08 bits per heavy atom. The summed E-state index contributed by atoms with van der Waals surface area (Å²) < 4.78 is 10.8. The van der Waals surface area contributed by atoms with Crippen LogP contribution >= 0.6 is 0 Å². The summed E-state index contributed by atoms with van der Waals surface area (Å²) in [5.41, 5.74) is 1.75. The maximum absolute atomic E-state index is 13.1. The van der Waals surface area contributed by atoms with Crippen molar-refractivity contribution < 1.29 is 29.1 Å². The van der Waals surface area contributed by atoms with Crippen molar-refractivity contribution >= 4 is 17.6 Å². The summed E-state index contributed by atoms with van der Waals surface area (Å²) >= 11 is 0. The van der Waals surface area contributed by atoms with E-state index in [0.717, 1.165) is 6.42 Å². The van der Waals surface area contributed by atoms with Crippen molar-refractivity contribution in [2.24, 2.45) is 0 Å². The van der Waals surface area contributed by atoms with Gasteiger partial charge in [-0.25, -0.2) is 9.59 Å². The highest BCUT2D eigenvalue weighted by Gasteiger charge is 2.38. The number of allylic oxidation sites excluding steroid dienone is 5. The molecule has 0 aliphatic carbocycles. The average Bonchev–Trinajstić information content (AvgIpc) is 2.86. The highest BCUT2D eigenvalue weighted by atomic mass is 16.6. The minimum absolute atomic E-state index is 0.0416. The van der Waals surface area contributed by atoms with Crippen LogP contribution < -0.4 is 5.32 Å². The number of aliphatic hydroxyl groups excluding tert-OH is 1. The van der Waals surface area contributed by atoms with Crippen molar-refractivity contribution in [3.05, 3.63) is 86.8 Å². The molecule has 0 radical (unpaired) electrons. The molecule has 2 rings (SSSR count). The summed E-state index contributed by atoms with van der Waals surface area (Å²) in [5.74, 6) is -2.07. The van der Waals surface area contributed by atoms with E-state index >= 15 is 0 Å². The van der Waals surface area contributed by atoms with Crippen molar-refractivity contribution in [3.8, 4) is 0 Å². The van der Waals surface area contributed by atoms with Crippen LogP contribution in [0.25, 0.3) is 0 Å². The standard InChI is InChI=1S/C24H28N2O6.C3H8O/c1-5-7-8-9-14-32-24(28)21-17(4)25-16(3)20(23(27)31-13-6-2)22(21)18-11-10-12-19(15-18)26(29)30;1-2-3-4/h5,7-12,15,22,25H,6,13-14H2,1-4H3;4H,2-3H2,1H3/b7-5+,9-8+;. The number of non-ortho nitro benzene ring substituents is 1. The first kappa shape index (κ1) is 30.3. The lowest BCUT2D eigenvalue weighted by Gasteiger charge is -2.30. The van der Waals surface area contributed by atoms with Crippen LogP contribution in [-0.2, 0) is 19.1 Å². The Balaban J connectivity index is 0.00000150. The molecule has 1 heterocycles. The molecule has 1 aromatic carbocycles. The smallest absolute Gasteiger partial charge is 0.337 e. The fraction of sp³-hybridized carbons (Fsp3) is 0.407. The molecular formula is C27H36N2O7. The van der Waals surface area contributed by atoms with Crippen molar-refractivity contribution in [2.75, 3.05) is 19.8 Å². The fourth-order valence-corrected chi connectivity index (χ4v) is 3.41. The van der Waals surface area contributed by atoms with Crippen LogP contribution in [0.3, 0.4) is 0 Å². The van der Waals surface area contributed by atoms with Gasteiger partial charge >= 0.3 is 11.9 Å². The summed E-state index contributed by atoms with van der Waals surface area (Å²) in [6.07, 6.45) is 8.60. The number of hydrogen-bond donors (Lipinski definition) is 2. The van der Waals surface area contributed by atoms with E-state index in [1.54, 1.807) is 38.1 Å². The van der Waals surface area contributed by atoms with Gasteiger partial charge in [-0.2, -0.15) is 0 Å². The highest BCUT2D eigenvalue weighted by Crippen LogP contribution is 2.40. The predicted octanol–water partition coefficient (Wildman–Crippen LogP) is 4.85. The molecule has 196 valence electrons. The number of dihydropyridines is 1. The summed E-state index contributed by atoms with van der Waals surface area (Å²) in [6.45, 7) is 9.66. The highest BCUT2D eigenvalue weighted by molar-refractivity contribution is 6.00. The summed E-state index contributed by atoms with van der Waals surface area (Å²) in [7, 11) is 0. The topological polar surface area (TPSA) is 128 Å². The zero-order chi connectivity index (χ0) is 27.1. The lowest BCUT2D eigenvalue weighted by molar-refractivity contribution is -0.384. The first-order valence-electron chi connectivity index (χ1n) is 11.9. The molecule has 1 unspecified atom stereocenters. The Hall–Kier alpha value is -3.72. The second-order valence-electron chi connectivity index (χ2n) is 7.90. The second-order valence-corrected chi connectivity index (χ2v) is 7.90. The number of ether oxygens (including phenoxy) is 2. The lowest BCUT2D eigenvalue weighted by Crippen LogP contribution is -2.32. The van der Waals surface area contributed by atoms with E-state index in [2.05, 4.69) is 5.32 Å². The number of carbonyl (C=O) groups is 2. The fourth-order valence-electron chi connectivity index (χ4n) is 3.41. The monoisotopic (exact) mass is 500 g/mol. The van der Waals surface area contributed by atoms with E-state index in [9.17, 15) is 19.7 Å². The molecule has 1 aliphatic heterocycles. The number of nitro benzene ring substituents is 1. The molecule has 1 aromatic rings. The van der Waals surface area contributed by atoms with Gasteiger partial charge in [0.1, 0.15) is 6.61 Å². The molecule has 1 atom stereocenters. The first-order chi connectivity index (χ1) is 17.2. The van der Waals surface area contributed by atoms with Gasteiger partial charge < -0.3 is 19.9 Å². The molecule has 36 heavy (non-hydrogen) atoms. The summed E-state index contributed by atoms with van der Waals surface area (Å²) in [6, 6.07) is 5.90. The van der Waals surface area contributed by atoms with E-state index in [-0.39, 0.29) is 30.0 Å². The number of nitrogens with one attached hydrogen (secondary N) is 1. The normalized spacial score (nSPS) is 15.4. The zero-order valence-corrected chi connectivity index (χ0v) is 21.6. The van der Waals surface area contributed by atoms with Crippen molar-refractivity contribution in [1.29, 1.82) is 0 Å². The molecule has 0 spiro atoms. The third kappa shape index (κ3) is 8.81. The largest absolute Gasteiger partial charge is 0.462 e. The SMILES string of the molecule is C/C=C/C=C/COC(=O)C1=C(C)NC(C)=C(C(=O)OCCC)C1c1cccc([N+](=O)[O-])c1.CCCO. The molecular weight excluding hydrogens is 464 g/mol. The molecule has 2 N–H and O–H groups in total. The number of benzene rings is 1. The zero-order valence-electron chi connectivity index (χ0n) is 21.6. The van der Waals surface area contributed by atoms with Gasteiger partial charge in [-0.3, -0.25) is 10.1 Å². The summed E-state index contributed by atoms with van der Waals surface area (Å²) in [5, 5.41) is 22.3. The van der Waals surface area contributed by atoms with Gasteiger partial charge in [0.2, 0.25) is 0 Å². The van der Waals surface area contributed by atoms with Crippen LogP contribution in [-0.4, -0.2) is 41.8 Å². The van der Waals surface area contributed by atoms with Crippen molar-refractivity contribution in [2.45, 2.75) is 53.4 Å². The van der Waals surface area contributed by atoms with Gasteiger partial charge in [0.15, 0.2) is 0 Å². The number of nitro groups is 1. The minimum atomic E-state index is -0.868. The lowest BCUT2D eigenvalue weighted by atomic mass is 9.80. The number of esters is 2. The molecule has 0 amide bonds. The number of aliphatic hydroxyl groups is 1. The first-order valence-corrected chi connectivity index (χ1v) is 11.9. The van der Waals surface area contributed by atoms with Crippen LogP contribution in [0.4, 0.5) is 5.69 Å². The van der Waals surface area contributed by atoms with Gasteiger partial charge in [-0.05, 0) is 45.3 Å². The Kier molecular flexibility index (Phi) is 13.5.